The summed E-state index contributed by atoms with van der Waals surface area (Å²) in [7, 11) is 0. The molecule has 0 saturated carbocycles. The van der Waals surface area contributed by atoms with Gasteiger partial charge in [0.2, 0.25) is 0 Å². The summed E-state index contributed by atoms with van der Waals surface area (Å²) >= 11 is 0. The molecule has 1 aliphatic heterocycles. The number of para-hydroxylation sites is 1. The number of benzene rings is 2. The fourth-order valence-electron chi connectivity index (χ4n) is 3.89. The van der Waals surface area contributed by atoms with Gasteiger partial charge in [0.05, 0.1) is 24.8 Å². The molecule has 25 heavy (non-hydrogen) atoms. The quantitative estimate of drug-likeness (QED) is 0.935. The van der Waals surface area contributed by atoms with Crippen LogP contribution in [0.2, 0.25) is 0 Å². The lowest BCUT2D eigenvalue weighted by molar-refractivity contribution is 0.0931. The molecular weight excluding hydrogens is 312 g/mol. The molecule has 2 aromatic carbocycles. The number of amides is 1. The smallest absolute Gasteiger partial charge is 0.253 e. The van der Waals surface area contributed by atoms with Crippen LogP contribution in [0.3, 0.4) is 0 Å². The second-order valence-electron chi connectivity index (χ2n) is 6.73. The van der Waals surface area contributed by atoms with Crippen LogP contribution < -0.4 is 10.2 Å². The number of carbonyl (C=O) groups excluding carboxylic acids is 1. The summed E-state index contributed by atoms with van der Waals surface area (Å²) in [5.74, 6) is 0.0174. The minimum absolute atomic E-state index is 0.0174. The molecule has 1 heterocycles. The Kier molecular flexibility index (Phi) is 4.70. The van der Waals surface area contributed by atoms with Gasteiger partial charge in [0, 0.05) is 18.8 Å². The zero-order chi connectivity index (χ0) is 17.1. The van der Waals surface area contributed by atoms with Crippen molar-refractivity contribution in [1.82, 2.24) is 5.32 Å². The van der Waals surface area contributed by atoms with Gasteiger partial charge in [0.15, 0.2) is 0 Å². The highest BCUT2D eigenvalue weighted by Gasteiger charge is 2.24. The van der Waals surface area contributed by atoms with Crippen molar-refractivity contribution in [1.29, 1.82) is 0 Å². The topological polar surface area (TPSA) is 41.6 Å². The van der Waals surface area contributed by atoms with E-state index in [9.17, 15) is 4.79 Å². The average molecular weight is 336 g/mol. The van der Waals surface area contributed by atoms with Gasteiger partial charge in [-0.25, -0.2) is 0 Å². The van der Waals surface area contributed by atoms with Gasteiger partial charge >= 0.3 is 0 Å². The van der Waals surface area contributed by atoms with Crippen molar-refractivity contribution < 1.29 is 9.53 Å². The monoisotopic (exact) mass is 336 g/mol. The number of aryl methyl sites for hydroxylation is 1. The van der Waals surface area contributed by atoms with E-state index in [4.69, 9.17) is 4.74 Å². The third kappa shape index (κ3) is 3.40. The van der Waals surface area contributed by atoms with Crippen molar-refractivity contribution in [3.8, 4) is 0 Å². The molecule has 2 aliphatic rings. The van der Waals surface area contributed by atoms with E-state index in [0.29, 0.717) is 13.2 Å². The molecule has 4 rings (SSSR count). The number of morpholine rings is 1. The predicted octanol–water partition coefficient (Wildman–Crippen LogP) is 3.33. The van der Waals surface area contributed by atoms with Crippen LogP contribution in [0, 0.1) is 0 Å². The third-order valence-electron chi connectivity index (χ3n) is 5.18. The lowest BCUT2D eigenvalue weighted by Crippen LogP contribution is -2.38. The second-order valence-corrected chi connectivity index (χ2v) is 6.73. The number of nitrogens with zero attached hydrogens (tertiary/aromatic N) is 1. The van der Waals surface area contributed by atoms with Crippen LogP contribution in [0.5, 0.6) is 0 Å². The third-order valence-corrected chi connectivity index (χ3v) is 5.18. The predicted molar refractivity (Wildman–Crippen MR) is 99.1 cm³/mol. The summed E-state index contributed by atoms with van der Waals surface area (Å²) < 4.78 is 5.44. The van der Waals surface area contributed by atoms with E-state index >= 15 is 0 Å². The fourth-order valence-corrected chi connectivity index (χ4v) is 3.89. The van der Waals surface area contributed by atoms with Crippen molar-refractivity contribution in [3.63, 3.8) is 0 Å². The molecule has 4 nitrogen and oxygen atoms in total. The zero-order valence-electron chi connectivity index (χ0n) is 14.4. The van der Waals surface area contributed by atoms with Crippen LogP contribution in [0.4, 0.5) is 5.69 Å². The molecule has 4 heteroatoms. The van der Waals surface area contributed by atoms with Gasteiger partial charge in [-0.3, -0.25) is 4.79 Å². The summed E-state index contributed by atoms with van der Waals surface area (Å²) in [4.78, 5) is 15.3. The molecule has 2 aromatic rings. The van der Waals surface area contributed by atoms with Gasteiger partial charge in [-0.1, -0.05) is 36.4 Å². The molecule has 0 unspecified atom stereocenters. The van der Waals surface area contributed by atoms with Crippen molar-refractivity contribution in [2.45, 2.75) is 25.3 Å². The highest BCUT2D eigenvalue weighted by Crippen LogP contribution is 2.30. The number of rotatable bonds is 3. The largest absolute Gasteiger partial charge is 0.378 e. The molecule has 1 fully saturated rings. The van der Waals surface area contributed by atoms with Crippen LogP contribution >= 0.6 is 0 Å². The highest BCUT2D eigenvalue weighted by atomic mass is 16.5. The maximum Gasteiger partial charge on any atom is 0.253 e. The Balaban J connectivity index is 1.56. The summed E-state index contributed by atoms with van der Waals surface area (Å²) in [5.41, 5.74) is 4.39. The number of carbonyl (C=O) groups is 1. The number of ether oxygens (including phenoxy) is 1. The fraction of sp³-hybridized carbons (Fsp3) is 0.381. The van der Waals surface area contributed by atoms with E-state index in [0.717, 1.165) is 43.6 Å². The Labute approximate surface area is 148 Å². The van der Waals surface area contributed by atoms with Crippen molar-refractivity contribution >= 4 is 11.6 Å². The van der Waals surface area contributed by atoms with Crippen LogP contribution in [0.1, 0.15) is 40.4 Å². The Hall–Kier alpha value is -2.33. The molecule has 0 radical (unpaired) electrons. The number of hydrogen-bond acceptors (Lipinski definition) is 3. The van der Waals surface area contributed by atoms with Crippen molar-refractivity contribution in [2.75, 3.05) is 31.2 Å². The molecule has 1 saturated heterocycles. The Morgan fingerprint density at radius 1 is 1.04 bits per heavy atom. The second kappa shape index (κ2) is 7.28. The Morgan fingerprint density at radius 3 is 2.68 bits per heavy atom. The first kappa shape index (κ1) is 16.2. The van der Waals surface area contributed by atoms with E-state index in [-0.39, 0.29) is 11.9 Å². The van der Waals surface area contributed by atoms with E-state index < -0.39 is 0 Å². The van der Waals surface area contributed by atoms with Crippen LogP contribution in [0.25, 0.3) is 0 Å². The molecule has 0 bridgehead atoms. The minimum Gasteiger partial charge on any atom is -0.378 e. The Morgan fingerprint density at radius 2 is 1.80 bits per heavy atom. The summed E-state index contributed by atoms with van der Waals surface area (Å²) in [6, 6.07) is 16.5. The van der Waals surface area contributed by atoms with Crippen LogP contribution in [-0.2, 0) is 11.2 Å². The van der Waals surface area contributed by atoms with E-state index in [1.165, 1.54) is 11.1 Å². The SMILES string of the molecule is O=C(N[C@H]1CCCc2ccccc21)c1ccccc1N1CCOCC1. The van der Waals surface area contributed by atoms with Gasteiger partial charge in [-0.2, -0.15) is 0 Å². The molecule has 1 amide bonds. The first-order chi connectivity index (χ1) is 12.3. The van der Waals surface area contributed by atoms with Gasteiger partial charge < -0.3 is 15.0 Å². The van der Waals surface area contributed by atoms with E-state index in [1.54, 1.807) is 0 Å². The molecule has 1 aliphatic carbocycles. The zero-order valence-corrected chi connectivity index (χ0v) is 14.4. The molecule has 130 valence electrons. The minimum atomic E-state index is 0.0174. The summed E-state index contributed by atoms with van der Waals surface area (Å²) in [6.07, 6.45) is 3.22. The molecular formula is C21H24N2O2. The Bertz CT molecular complexity index is 753. The van der Waals surface area contributed by atoms with Gasteiger partial charge in [-0.15, -0.1) is 0 Å². The van der Waals surface area contributed by atoms with Gasteiger partial charge in [0.1, 0.15) is 0 Å². The van der Waals surface area contributed by atoms with E-state index in [1.807, 2.05) is 24.3 Å². The number of hydrogen-bond donors (Lipinski definition) is 1. The first-order valence-corrected chi connectivity index (χ1v) is 9.13. The summed E-state index contributed by atoms with van der Waals surface area (Å²) in [6.45, 7) is 3.09. The van der Waals surface area contributed by atoms with Gasteiger partial charge in [0.25, 0.3) is 5.91 Å². The lowest BCUT2D eigenvalue weighted by atomic mass is 9.87. The molecule has 1 N–H and O–H groups in total. The maximum atomic E-state index is 13.0. The molecule has 1 atom stereocenters. The van der Waals surface area contributed by atoms with Crippen molar-refractivity contribution in [3.05, 3.63) is 65.2 Å². The molecule has 0 spiro atoms. The number of fused-ring (bicyclic) bond motifs is 1. The maximum absolute atomic E-state index is 13.0. The normalized spacial score (nSPS) is 20.0. The molecule has 0 aromatic heterocycles. The van der Waals surface area contributed by atoms with E-state index in [2.05, 4.69) is 34.5 Å². The van der Waals surface area contributed by atoms with Gasteiger partial charge in [-0.05, 0) is 42.5 Å². The number of anilines is 1. The summed E-state index contributed by atoms with van der Waals surface area (Å²) in [5, 5.41) is 3.27. The first-order valence-electron chi connectivity index (χ1n) is 9.13. The van der Waals surface area contributed by atoms with Crippen molar-refractivity contribution in [2.24, 2.45) is 0 Å². The number of nitrogens with one attached hydrogen (secondary N) is 1. The average Bonchev–Trinajstić information content (AvgIpc) is 2.69. The highest BCUT2D eigenvalue weighted by molar-refractivity contribution is 6.00. The lowest BCUT2D eigenvalue weighted by Gasteiger charge is -2.31. The standard InChI is InChI=1S/C21H24N2O2/c24-21(22-19-10-5-7-16-6-1-2-8-17(16)19)18-9-3-4-11-20(18)23-12-14-25-15-13-23/h1-4,6,8-9,11,19H,5,7,10,12-15H2,(H,22,24)/t19-/m0/s1. The van der Waals surface area contributed by atoms with Crippen LogP contribution in [-0.4, -0.2) is 32.2 Å². The van der Waals surface area contributed by atoms with Crippen LogP contribution in [0.15, 0.2) is 48.5 Å².